The third-order valence-corrected chi connectivity index (χ3v) is 4.35. The van der Waals surface area contributed by atoms with Crippen molar-refractivity contribution in [2.45, 2.75) is 24.8 Å². The summed E-state index contributed by atoms with van der Waals surface area (Å²) in [7, 11) is -0.854. The minimum absolute atomic E-state index is 0.00643. The van der Waals surface area contributed by atoms with E-state index in [-0.39, 0.29) is 23.8 Å². The molecular formula is C14H22N2O6S. The van der Waals surface area contributed by atoms with Gasteiger partial charge in [-0.05, 0) is 32.0 Å². The molecule has 1 atom stereocenters. The predicted molar refractivity (Wildman–Crippen MR) is 85.3 cm³/mol. The molecule has 0 aromatic heterocycles. The highest BCUT2D eigenvalue weighted by atomic mass is 32.2. The number of carbonyl (C=O) groups excluding carboxylic acids is 1. The van der Waals surface area contributed by atoms with E-state index in [2.05, 4.69) is 10.0 Å². The van der Waals surface area contributed by atoms with E-state index in [1.807, 2.05) is 0 Å². The molecule has 130 valence electrons. The van der Waals surface area contributed by atoms with Crippen molar-refractivity contribution < 1.29 is 27.4 Å². The average molecular weight is 346 g/mol. The van der Waals surface area contributed by atoms with Crippen molar-refractivity contribution in [3.8, 4) is 5.75 Å². The molecule has 0 fully saturated rings. The summed E-state index contributed by atoms with van der Waals surface area (Å²) in [6, 6.07) is 3.75. The number of methoxy groups -OCH3 is 2. The van der Waals surface area contributed by atoms with Gasteiger partial charge in [0.15, 0.2) is 0 Å². The van der Waals surface area contributed by atoms with Gasteiger partial charge >= 0.3 is 6.09 Å². The van der Waals surface area contributed by atoms with Gasteiger partial charge in [0.05, 0.1) is 30.9 Å². The summed E-state index contributed by atoms with van der Waals surface area (Å²) >= 11 is 0. The Hall–Kier alpha value is -1.84. The number of ether oxygens (including phenoxy) is 3. The highest BCUT2D eigenvalue weighted by molar-refractivity contribution is 7.89. The third-order valence-electron chi connectivity index (χ3n) is 2.77. The fourth-order valence-corrected chi connectivity index (χ4v) is 3.10. The lowest BCUT2D eigenvalue weighted by molar-refractivity contribution is 0.168. The van der Waals surface area contributed by atoms with Crippen LogP contribution < -0.4 is 14.8 Å². The Morgan fingerprint density at radius 2 is 2.00 bits per heavy atom. The van der Waals surface area contributed by atoms with E-state index in [4.69, 9.17) is 14.2 Å². The van der Waals surface area contributed by atoms with Gasteiger partial charge < -0.3 is 14.2 Å². The summed E-state index contributed by atoms with van der Waals surface area (Å²) < 4.78 is 41.9. The van der Waals surface area contributed by atoms with Crippen molar-refractivity contribution in [2.24, 2.45) is 0 Å². The van der Waals surface area contributed by atoms with Crippen LogP contribution in [0.5, 0.6) is 5.75 Å². The van der Waals surface area contributed by atoms with Crippen molar-refractivity contribution in [3.63, 3.8) is 0 Å². The van der Waals surface area contributed by atoms with E-state index in [1.165, 1.54) is 32.4 Å². The van der Waals surface area contributed by atoms with Crippen molar-refractivity contribution in [1.82, 2.24) is 4.72 Å². The zero-order valence-corrected chi connectivity index (χ0v) is 14.4. The molecule has 0 saturated carbocycles. The first kappa shape index (κ1) is 19.2. The van der Waals surface area contributed by atoms with Crippen molar-refractivity contribution in [3.05, 3.63) is 18.2 Å². The Morgan fingerprint density at radius 1 is 1.30 bits per heavy atom. The van der Waals surface area contributed by atoms with Crippen LogP contribution in [-0.4, -0.2) is 48.0 Å². The van der Waals surface area contributed by atoms with Crippen molar-refractivity contribution >= 4 is 21.8 Å². The van der Waals surface area contributed by atoms with E-state index in [1.54, 1.807) is 13.8 Å². The van der Waals surface area contributed by atoms with E-state index < -0.39 is 22.2 Å². The number of rotatable bonds is 8. The summed E-state index contributed by atoms with van der Waals surface area (Å²) in [5.74, 6) is 0.321. The molecule has 8 nitrogen and oxygen atoms in total. The topological polar surface area (TPSA) is 103 Å². The monoisotopic (exact) mass is 346 g/mol. The molecule has 23 heavy (non-hydrogen) atoms. The number of carbonyl (C=O) groups is 1. The minimum atomic E-state index is -3.75. The Bertz CT molecular complexity index is 632. The maximum Gasteiger partial charge on any atom is 0.411 e. The summed E-state index contributed by atoms with van der Waals surface area (Å²) in [4.78, 5) is 11.5. The highest BCUT2D eigenvalue weighted by Crippen LogP contribution is 2.27. The normalized spacial score (nSPS) is 12.5. The number of hydrogen-bond donors (Lipinski definition) is 2. The maximum absolute atomic E-state index is 12.3. The maximum atomic E-state index is 12.3. The predicted octanol–water partition coefficient (Wildman–Crippen LogP) is 1.58. The SMILES string of the molecule is CCOC(=O)Nc1cc(S(=O)(=O)N[C@H](C)COC)ccc1OC. The molecule has 9 heteroatoms. The highest BCUT2D eigenvalue weighted by Gasteiger charge is 2.20. The van der Waals surface area contributed by atoms with Gasteiger partial charge in [0, 0.05) is 13.2 Å². The molecule has 0 saturated heterocycles. The first-order valence-electron chi connectivity index (χ1n) is 6.97. The van der Waals surface area contributed by atoms with Crippen LogP contribution in [0.4, 0.5) is 10.5 Å². The van der Waals surface area contributed by atoms with Crippen LogP contribution in [0.25, 0.3) is 0 Å². The Labute approximate surface area is 136 Å². The molecule has 0 spiro atoms. The van der Waals surface area contributed by atoms with Crippen LogP contribution >= 0.6 is 0 Å². The Morgan fingerprint density at radius 3 is 2.57 bits per heavy atom. The molecular weight excluding hydrogens is 324 g/mol. The molecule has 0 radical (unpaired) electrons. The number of nitrogens with one attached hydrogen (secondary N) is 2. The number of hydrogen-bond acceptors (Lipinski definition) is 6. The summed E-state index contributed by atoms with van der Waals surface area (Å²) in [6.45, 7) is 3.78. The fourth-order valence-electron chi connectivity index (χ4n) is 1.85. The largest absolute Gasteiger partial charge is 0.495 e. The summed E-state index contributed by atoms with van der Waals surface area (Å²) in [5.41, 5.74) is 0.202. The second-order valence-corrected chi connectivity index (χ2v) is 6.40. The number of anilines is 1. The lowest BCUT2D eigenvalue weighted by atomic mass is 10.3. The second-order valence-electron chi connectivity index (χ2n) is 4.69. The zero-order chi connectivity index (χ0) is 17.5. The van der Waals surface area contributed by atoms with Gasteiger partial charge in [-0.15, -0.1) is 0 Å². The quantitative estimate of drug-likeness (QED) is 0.741. The average Bonchev–Trinajstić information content (AvgIpc) is 2.47. The van der Waals surface area contributed by atoms with Gasteiger partial charge in [-0.2, -0.15) is 0 Å². The van der Waals surface area contributed by atoms with Gasteiger partial charge in [0.2, 0.25) is 10.0 Å². The number of benzene rings is 1. The molecule has 1 aromatic carbocycles. The Kier molecular flexibility index (Phi) is 7.27. The standard InChI is InChI=1S/C14H22N2O6S/c1-5-22-14(17)15-12-8-11(6-7-13(12)21-4)23(18,19)16-10(2)9-20-3/h6-8,10,16H,5,9H2,1-4H3,(H,15,17)/t10-/m1/s1. The second kappa shape index (κ2) is 8.70. The van der Waals surface area contributed by atoms with Gasteiger partial charge in [0.1, 0.15) is 5.75 Å². The first-order valence-corrected chi connectivity index (χ1v) is 8.45. The lowest BCUT2D eigenvalue weighted by Crippen LogP contribution is -2.35. The molecule has 0 aliphatic heterocycles. The smallest absolute Gasteiger partial charge is 0.411 e. The van der Waals surface area contributed by atoms with E-state index >= 15 is 0 Å². The van der Waals surface area contributed by atoms with Crippen LogP contribution in [0.1, 0.15) is 13.8 Å². The molecule has 0 unspecified atom stereocenters. The van der Waals surface area contributed by atoms with Crippen LogP contribution in [0.15, 0.2) is 23.1 Å². The molecule has 1 rings (SSSR count). The molecule has 0 bridgehead atoms. The van der Waals surface area contributed by atoms with Gasteiger partial charge in [-0.3, -0.25) is 5.32 Å². The van der Waals surface area contributed by atoms with Crippen LogP contribution in [0.3, 0.4) is 0 Å². The zero-order valence-electron chi connectivity index (χ0n) is 13.6. The lowest BCUT2D eigenvalue weighted by Gasteiger charge is -2.15. The van der Waals surface area contributed by atoms with E-state index in [9.17, 15) is 13.2 Å². The number of amides is 1. The van der Waals surface area contributed by atoms with E-state index in [0.29, 0.717) is 5.75 Å². The minimum Gasteiger partial charge on any atom is -0.495 e. The fraction of sp³-hybridized carbons (Fsp3) is 0.500. The van der Waals surface area contributed by atoms with Gasteiger partial charge in [-0.1, -0.05) is 0 Å². The van der Waals surface area contributed by atoms with Crippen LogP contribution in [-0.2, 0) is 19.5 Å². The molecule has 0 aliphatic carbocycles. The van der Waals surface area contributed by atoms with Gasteiger partial charge in [0.25, 0.3) is 0 Å². The number of sulfonamides is 1. The summed E-state index contributed by atoms with van der Waals surface area (Å²) in [5, 5.41) is 2.45. The van der Waals surface area contributed by atoms with Crippen molar-refractivity contribution in [2.75, 3.05) is 32.8 Å². The molecule has 2 N–H and O–H groups in total. The Balaban J connectivity index is 3.06. The molecule has 0 heterocycles. The summed E-state index contributed by atoms with van der Waals surface area (Å²) in [6.07, 6.45) is -0.693. The first-order chi connectivity index (χ1) is 10.8. The molecule has 1 amide bonds. The molecule has 1 aromatic rings. The van der Waals surface area contributed by atoms with Crippen LogP contribution in [0, 0.1) is 0 Å². The van der Waals surface area contributed by atoms with Gasteiger partial charge in [-0.25, -0.2) is 17.9 Å². The van der Waals surface area contributed by atoms with Crippen molar-refractivity contribution in [1.29, 1.82) is 0 Å². The van der Waals surface area contributed by atoms with Crippen LogP contribution in [0.2, 0.25) is 0 Å². The van der Waals surface area contributed by atoms with E-state index in [0.717, 1.165) is 0 Å². The third kappa shape index (κ3) is 5.70. The molecule has 0 aliphatic rings.